The van der Waals surface area contributed by atoms with Gasteiger partial charge in [0, 0.05) is 24.9 Å². The minimum absolute atomic E-state index is 0.452. The highest BCUT2D eigenvalue weighted by Crippen LogP contribution is 2.37. The van der Waals surface area contributed by atoms with E-state index < -0.39 is 0 Å². The van der Waals surface area contributed by atoms with Gasteiger partial charge in [-0.25, -0.2) is 0 Å². The summed E-state index contributed by atoms with van der Waals surface area (Å²) in [7, 11) is 1.77. The SMILES string of the molecule is CCN(C(C)COC)C1CCc2cc(N)ccc21. The van der Waals surface area contributed by atoms with Crippen molar-refractivity contribution >= 4 is 5.69 Å². The van der Waals surface area contributed by atoms with Gasteiger partial charge in [0.15, 0.2) is 0 Å². The van der Waals surface area contributed by atoms with Crippen molar-refractivity contribution < 1.29 is 4.74 Å². The molecule has 1 aliphatic carbocycles. The molecule has 100 valence electrons. The van der Waals surface area contributed by atoms with E-state index in [4.69, 9.17) is 10.5 Å². The summed E-state index contributed by atoms with van der Waals surface area (Å²) in [5.41, 5.74) is 9.61. The van der Waals surface area contributed by atoms with Crippen LogP contribution in [0.15, 0.2) is 18.2 Å². The van der Waals surface area contributed by atoms with Crippen molar-refractivity contribution in [2.75, 3.05) is 26.0 Å². The van der Waals surface area contributed by atoms with Gasteiger partial charge in [0.25, 0.3) is 0 Å². The number of methoxy groups -OCH3 is 1. The molecule has 0 saturated heterocycles. The number of aryl methyl sites for hydroxylation is 1. The van der Waals surface area contributed by atoms with Gasteiger partial charge < -0.3 is 10.5 Å². The number of nitrogen functional groups attached to an aromatic ring is 1. The summed E-state index contributed by atoms with van der Waals surface area (Å²) in [5, 5.41) is 0. The number of likely N-dealkylation sites (N-methyl/N-ethyl adjacent to an activating group) is 1. The second-order valence-corrected chi connectivity index (χ2v) is 5.15. The fourth-order valence-electron chi connectivity index (χ4n) is 3.14. The molecule has 0 fully saturated rings. The minimum Gasteiger partial charge on any atom is -0.399 e. The van der Waals surface area contributed by atoms with Crippen molar-refractivity contribution in [3.63, 3.8) is 0 Å². The van der Waals surface area contributed by atoms with E-state index >= 15 is 0 Å². The Labute approximate surface area is 110 Å². The molecule has 0 bridgehead atoms. The normalized spacial score (nSPS) is 20.1. The Balaban J connectivity index is 2.20. The molecule has 0 spiro atoms. The number of benzene rings is 1. The summed E-state index contributed by atoms with van der Waals surface area (Å²) >= 11 is 0. The van der Waals surface area contributed by atoms with Crippen molar-refractivity contribution in [2.45, 2.75) is 38.8 Å². The van der Waals surface area contributed by atoms with Crippen LogP contribution in [0.4, 0.5) is 5.69 Å². The Morgan fingerprint density at radius 3 is 2.94 bits per heavy atom. The molecule has 0 saturated carbocycles. The highest BCUT2D eigenvalue weighted by Gasteiger charge is 2.29. The number of ether oxygens (including phenoxy) is 1. The van der Waals surface area contributed by atoms with E-state index in [-0.39, 0.29) is 0 Å². The van der Waals surface area contributed by atoms with Crippen LogP contribution in [-0.4, -0.2) is 31.2 Å². The van der Waals surface area contributed by atoms with Gasteiger partial charge >= 0.3 is 0 Å². The molecule has 1 aromatic carbocycles. The lowest BCUT2D eigenvalue weighted by molar-refractivity contribution is 0.0731. The first-order valence-electron chi connectivity index (χ1n) is 6.80. The molecule has 18 heavy (non-hydrogen) atoms. The molecule has 2 N–H and O–H groups in total. The summed E-state index contributed by atoms with van der Waals surface area (Å²) in [4.78, 5) is 2.53. The number of nitrogens with two attached hydrogens (primary N) is 1. The van der Waals surface area contributed by atoms with Crippen molar-refractivity contribution in [2.24, 2.45) is 0 Å². The molecule has 2 rings (SSSR count). The third-order valence-corrected chi connectivity index (χ3v) is 3.95. The van der Waals surface area contributed by atoms with E-state index in [1.807, 2.05) is 6.07 Å². The van der Waals surface area contributed by atoms with Gasteiger partial charge in [-0.2, -0.15) is 0 Å². The third-order valence-electron chi connectivity index (χ3n) is 3.95. The highest BCUT2D eigenvalue weighted by molar-refractivity contribution is 5.47. The van der Waals surface area contributed by atoms with E-state index in [0.717, 1.165) is 25.3 Å². The monoisotopic (exact) mass is 248 g/mol. The average molecular weight is 248 g/mol. The Kier molecular flexibility index (Phi) is 4.25. The second kappa shape index (κ2) is 5.72. The van der Waals surface area contributed by atoms with Crippen LogP contribution in [0.5, 0.6) is 0 Å². The molecule has 0 aromatic heterocycles. The minimum atomic E-state index is 0.452. The molecule has 0 radical (unpaired) electrons. The van der Waals surface area contributed by atoms with E-state index in [9.17, 15) is 0 Å². The molecule has 0 aliphatic heterocycles. The van der Waals surface area contributed by atoms with Crippen molar-refractivity contribution in [3.8, 4) is 0 Å². The zero-order valence-electron chi connectivity index (χ0n) is 11.6. The first kappa shape index (κ1) is 13.4. The molecule has 3 nitrogen and oxygen atoms in total. The summed E-state index contributed by atoms with van der Waals surface area (Å²) in [6.07, 6.45) is 2.34. The van der Waals surface area contributed by atoms with Crippen molar-refractivity contribution in [1.29, 1.82) is 0 Å². The number of hydrogen-bond acceptors (Lipinski definition) is 3. The van der Waals surface area contributed by atoms with Crippen LogP contribution in [0.3, 0.4) is 0 Å². The molecule has 0 heterocycles. The van der Waals surface area contributed by atoms with Gasteiger partial charge in [0.2, 0.25) is 0 Å². The molecular formula is C15H24N2O. The van der Waals surface area contributed by atoms with Gasteiger partial charge in [0.05, 0.1) is 6.61 Å². The lowest BCUT2D eigenvalue weighted by Gasteiger charge is -2.33. The predicted octanol–water partition coefficient (Wildman–Crippen LogP) is 2.61. The highest BCUT2D eigenvalue weighted by atomic mass is 16.5. The maximum Gasteiger partial charge on any atom is 0.0615 e. The Morgan fingerprint density at radius 2 is 2.28 bits per heavy atom. The number of nitrogens with zero attached hydrogens (tertiary/aromatic N) is 1. The van der Waals surface area contributed by atoms with Crippen LogP contribution in [0.25, 0.3) is 0 Å². The second-order valence-electron chi connectivity index (χ2n) is 5.15. The van der Waals surface area contributed by atoms with Crippen LogP contribution >= 0.6 is 0 Å². The predicted molar refractivity (Wildman–Crippen MR) is 75.6 cm³/mol. The summed E-state index contributed by atoms with van der Waals surface area (Å²) < 4.78 is 5.29. The van der Waals surface area contributed by atoms with Crippen LogP contribution in [0.1, 0.15) is 37.4 Å². The van der Waals surface area contributed by atoms with Gasteiger partial charge in [-0.1, -0.05) is 13.0 Å². The van der Waals surface area contributed by atoms with E-state index in [2.05, 4.69) is 30.9 Å². The molecule has 1 aromatic rings. The van der Waals surface area contributed by atoms with E-state index in [1.54, 1.807) is 7.11 Å². The maximum atomic E-state index is 5.86. The first-order valence-corrected chi connectivity index (χ1v) is 6.80. The standard InChI is InChI=1S/C15H24N2O/c1-4-17(11(2)10-18-3)15-8-5-12-9-13(16)6-7-14(12)15/h6-7,9,11,15H,4-5,8,10,16H2,1-3H3. The van der Waals surface area contributed by atoms with Crippen LogP contribution in [0.2, 0.25) is 0 Å². The lowest BCUT2D eigenvalue weighted by atomic mass is 10.0. The van der Waals surface area contributed by atoms with Gasteiger partial charge in [-0.15, -0.1) is 0 Å². The molecular weight excluding hydrogens is 224 g/mol. The van der Waals surface area contributed by atoms with Gasteiger partial charge in [0.1, 0.15) is 0 Å². The summed E-state index contributed by atoms with van der Waals surface area (Å²) in [5.74, 6) is 0. The van der Waals surface area contributed by atoms with Crippen LogP contribution < -0.4 is 5.73 Å². The summed E-state index contributed by atoms with van der Waals surface area (Å²) in [6, 6.07) is 7.32. The lowest BCUT2D eigenvalue weighted by Crippen LogP contribution is -2.38. The maximum absolute atomic E-state index is 5.86. The Bertz CT molecular complexity index is 405. The molecule has 1 aliphatic rings. The fourth-order valence-corrected chi connectivity index (χ4v) is 3.14. The topological polar surface area (TPSA) is 38.5 Å². The number of rotatable bonds is 5. The number of anilines is 1. The Hall–Kier alpha value is -1.06. The first-order chi connectivity index (χ1) is 8.67. The zero-order valence-corrected chi connectivity index (χ0v) is 11.6. The molecule has 3 heteroatoms. The van der Waals surface area contributed by atoms with Crippen molar-refractivity contribution in [1.82, 2.24) is 4.90 Å². The van der Waals surface area contributed by atoms with Gasteiger partial charge in [-0.05, 0) is 49.6 Å². The van der Waals surface area contributed by atoms with Crippen molar-refractivity contribution in [3.05, 3.63) is 29.3 Å². The van der Waals surface area contributed by atoms with Crippen LogP contribution in [0, 0.1) is 0 Å². The number of hydrogen-bond donors (Lipinski definition) is 1. The van der Waals surface area contributed by atoms with Gasteiger partial charge in [-0.3, -0.25) is 4.90 Å². The Morgan fingerprint density at radius 1 is 1.50 bits per heavy atom. The molecule has 0 amide bonds. The zero-order chi connectivity index (χ0) is 13.1. The average Bonchev–Trinajstić information content (AvgIpc) is 2.73. The summed E-state index contributed by atoms with van der Waals surface area (Å²) in [6.45, 7) is 6.30. The van der Waals surface area contributed by atoms with Crippen LogP contribution in [-0.2, 0) is 11.2 Å². The fraction of sp³-hybridized carbons (Fsp3) is 0.600. The smallest absolute Gasteiger partial charge is 0.0615 e. The largest absolute Gasteiger partial charge is 0.399 e. The molecule has 2 atom stereocenters. The quantitative estimate of drug-likeness (QED) is 0.814. The third kappa shape index (κ3) is 2.52. The molecule has 2 unspecified atom stereocenters. The number of fused-ring (bicyclic) bond motifs is 1. The van der Waals surface area contributed by atoms with E-state index in [0.29, 0.717) is 12.1 Å². The van der Waals surface area contributed by atoms with E-state index in [1.165, 1.54) is 17.5 Å².